The number of hydrogen-bond donors (Lipinski definition) is 1. The largest absolute Gasteiger partial charge is 0.446 e. The minimum Gasteiger partial charge on any atom is -0.324 e. The van der Waals surface area contributed by atoms with E-state index in [9.17, 15) is 13.2 Å². The lowest BCUT2D eigenvalue weighted by molar-refractivity contribution is -0.0328. The van der Waals surface area contributed by atoms with Crippen molar-refractivity contribution in [1.29, 1.82) is 0 Å². The van der Waals surface area contributed by atoms with Crippen LogP contribution in [0, 0.1) is 0 Å². The molecule has 0 saturated heterocycles. The Labute approximate surface area is 96.5 Å². The number of hydrogen-bond acceptors (Lipinski definition) is 2. The molecule has 0 spiro atoms. The van der Waals surface area contributed by atoms with Gasteiger partial charge in [0.25, 0.3) is 0 Å². The smallest absolute Gasteiger partial charge is 0.324 e. The highest BCUT2D eigenvalue weighted by atomic mass is 32.2. The molecule has 0 aromatic heterocycles. The van der Waals surface area contributed by atoms with Crippen LogP contribution in [0.15, 0.2) is 41.8 Å². The molecule has 0 radical (unpaired) electrons. The SMILES string of the molecule is C=CC[C@@H](N)c1ccccc1SC(F)(F)F. The van der Waals surface area contributed by atoms with Gasteiger partial charge in [-0.3, -0.25) is 0 Å². The molecular formula is C11H12F3NS. The highest BCUT2D eigenvalue weighted by Crippen LogP contribution is 2.40. The summed E-state index contributed by atoms with van der Waals surface area (Å²) in [4.78, 5) is 0.157. The Bertz CT molecular complexity index is 362. The molecule has 0 heterocycles. The highest BCUT2D eigenvalue weighted by molar-refractivity contribution is 8.00. The van der Waals surface area contributed by atoms with E-state index in [1.54, 1.807) is 24.3 Å². The third-order valence-electron chi connectivity index (χ3n) is 1.96. The van der Waals surface area contributed by atoms with E-state index in [1.165, 1.54) is 6.07 Å². The van der Waals surface area contributed by atoms with E-state index in [1.807, 2.05) is 0 Å². The van der Waals surface area contributed by atoms with Gasteiger partial charge < -0.3 is 5.73 Å². The Morgan fingerprint density at radius 2 is 2.00 bits per heavy atom. The topological polar surface area (TPSA) is 26.0 Å². The second kappa shape index (κ2) is 5.41. The molecule has 0 aliphatic carbocycles. The van der Waals surface area contributed by atoms with Crippen LogP contribution in [0.1, 0.15) is 18.0 Å². The van der Waals surface area contributed by atoms with Crippen molar-refractivity contribution in [2.45, 2.75) is 22.9 Å². The Hall–Kier alpha value is -0.940. The Morgan fingerprint density at radius 1 is 1.38 bits per heavy atom. The van der Waals surface area contributed by atoms with Gasteiger partial charge in [-0.05, 0) is 29.8 Å². The van der Waals surface area contributed by atoms with Crippen LogP contribution in [0.25, 0.3) is 0 Å². The number of thioether (sulfide) groups is 1. The lowest BCUT2D eigenvalue weighted by atomic mass is 10.1. The van der Waals surface area contributed by atoms with Crippen molar-refractivity contribution in [3.8, 4) is 0 Å². The summed E-state index contributed by atoms with van der Waals surface area (Å²) in [5, 5.41) is 0. The van der Waals surface area contributed by atoms with Gasteiger partial charge in [-0.15, -0.1) is 6.58 Å². The van der Waals surface area contributed by atoms with Gasteiger partial charge in [-0.25, -0.2) is 0 Å². The highest BCUT2D eigenvalue weighted by Gasteiger charge is 2.30. The van der Waals surface area contributed by atoms with Crippen LogP contribution in [0.2, 0.25) is 0 Å². The number of alkyl halides is 3. The lowest BCUT2D eigenvalue weighted by Crippen LogP contribution is -2.11. The Kier molecular flexibility index (Phi) is 4.44. The fraction of sp³-hybridized carbons (Fsp3) is 0.273. The minimum absolute atomic E-state index is 0.133. The molecule has 5 heteroatoms. The standard InChI is InChI=1S/C11H12F3NS/c1-2-5-9(15)8-6-3-4-7-10(8)16-11(12,13)14/h2-4,6-7,9H,1,5,15H2/t9-/m1/s1. The van der Waals surface area contributed by atoms with Crippen LogP contribution in [0.4, 0.5) is 13.2 Å². The van der Waals surface area contributed by atoms with Gasteiger partial charge in [-0.2, -0.15) is 13.2 Å². The fourth-order valence-electron chi connectivity index (χ4n) is 1.31. The summed E-state index contributed by atoms with van der Waals surface area (Å²) in [6.07, 6.45) is 2.05. The predicted octanol–water partition coefficient (Wildman–Crippen LogP) is 3.87. The van der Waals surface area contributed by atoms with Gasteiger partial charge in [0, 0.05) is 10.9 Å². The van der Waals surface area contributed by atoms with E-state index in [0.29, 0.717) is 12.0 Å². The fourth-order valence-corrected chi connectivity index (χ4v) is 2.04. The molecule has 1 atom stereocenters. The number of rotatable bonds is 4. The third-order valence-corrected chi connectivity index (χ3v) is 2.79. The second-order valence-corrected chi connectivity index (χ2v) is 4.32. The summed E-state index contributed by atoms with van der Waals surface area (Å²) in [7, 11) is 0. The normalized spacial score (nSPS) is 13.5. The monoisotopic (exact) mass is 247 g/mol. The maximum atomic E-state index is 12.3. The molecule has 1 aromatic carbocycles. The molecule has 1 rings (SSSR count). The molecule has 0 aliphatic rings. The summed E-state index contributed by atoms with van der Waals surface area (Å²) in [5.41, 5.74) is 1.99. The van der Waals surface area contributed by atoms with Crippen LogP contribution < -0.4 is 5.73 Å². The summed E-state index contributed by atoms with van der Waals surface area (Å²) >= 11 is -0.133. The maximum absolute atomic E-state index is 12.3. The minimum atomic E-state index is -4.29. The van der Waals surface area contributed by atoms with Crippen LogP contribution in [0.3, 0.4) is 0 Å². The van der Waals surface area contributed by atoms with Crippen LogP contribution in [0.5, 0.6) is 0 Å². The average molecular weight is 247 g/mol. The molecule has 16 heavy (non-hydrogen) atoms. The quantitative estimate of drug-likeness (QED) is 0.645. The predicted molar refractivity (Wildman–Crippen MR) is 60.1 cm³/mol. The summed E-state index contributed by atoms with van der Waals surface area (Å²) in [5.74, 6) is 0. The summed E-state index contributed by atoms with van der Waals surface area (Å²) < 4.78 is 36.8. The zero-order chi connectivity index (χ0) is 12.2. The lowest BCUT2D eigenvalue weighted by Gasteiger charge is -2.15. The maximum Gasteiger partial charge on any atom is 0.446 e. The molecule has 0 saturated carbocycles. The summed E-state index contributed by atoms with van der Waals surface area (Å²) in [6.45, 7) is 3.52. The molecule has 0 amide bonds. The van der Waals surface area contributed by atoms with Crippen molar-refractivity contribution in [3.63, 3.8) is 0 Å². The van der Waals surface area contributed by atoms with Gasteiger partial charge >= 0.3 is 5.51 Å². The number of nitrogens with two attached hydrogens (primary N) is 1. The van der Waals surface area contributed by atoms with E-state index < -0.39 is 11.6 Å². The van der Waals surface area contributed by atoms with E-state index in [-0.39, 0.29) is 16.7 Å². The van der Waals surface area contributed by atoms with Crippen molar-refractivity contribution in [1.82, 2.24) is 0 Å². The first-order chi connectivity index (χ1) is 7.44. The van der Waals surface area contributed by atoms with Gasteiger partial charge in [-0.1, -0.05) is 24.3 Å². The van der Waals surface area contributed by atoms with Crippen molar-refractivity contribution >= 4 is 11.8 Å². The first kappa shape index (κ1) is 13.1. The molecule has 1 aromatic rings. The van der Waals surface area contributed by atoms with E-state index in [4.69, 9.17) is 5.73 Å². The molecular weight excluding hydrogens is 235 g/mol. The zero-order valence-electron chi connectivity index (χ0n) is 8.50. The second-order valence-electron chi connectivity index (χ2n) is 3.22. The van der Waals surface area contributed by atoms with Crippen LogP contribution >= 0.6 is 11.8 Å². The summed E-state index contributed by atoms with van der Waals surface area (Å²) in [6, 6.07) is 5.85. The van der Waals surface area contributed by atoms with Crippen LogP contribution in [-0.4, -0.2) is 5.51 Å². The third kappa shape index (κ3) is 3.90. The van der Waals surface area contributed by atoms with Crippen LogP contribution in [-0.2, 0) is 0 Å². The zero-order valence-corrected chi connectivity index (χ0v) is 9.31. The Balaban J connectivity index is 2.95. The average Bonchev–Trinajstić information content (AvgIpc) is 2.16. The van der Waals surface area contributed by atoms with Crippen molar-refractivity contribution in [2.75, 3.05) is 0 Å². The molecule has 1 nitrogen and oxygen atoms in total. The van der Waals surface area contributed by atoms with Crippen molar-refractivity contribution < 1.29 is 13.2 Å². The van der Waals surface area contributed by atoms with Gasteiger partial charge in [0.05, 0.1) is 0 Å². The molecule has 0 unspecified atom stereocenters. The molecule has 0 bridgehead atoms. The molecule has 2 N–H and O–H groups in total. The number of benzene rings is 1. The van der Waals surface area contributed by atoms with Crippen molar-refractivity contribution in [3.05, 3.63) is 42.5 Å². The molecule has 0 aliphatic heterocycles. The Morgan fingerprint density at radius 3 is 2.56 bits per heavy atom. The molecule has 88 valence electrons. The van der Waals surface area contributed by atoms with Gasteiger partial charge in [0.1, 0.15) is 0 Å². The first-order valence-electron chi connectivity index (χ1n) is 4.65. The van der Waals surface area contributed by atoms with Crippen molar-refractivity contribution in [2.24, 2.45) is 5.73 Å². The molecule has 0 fully saturated rings. The van der Waals surface area contributed by atoms with Gasteiger partial charge in [0.2, 0.25) is 0 Å². The van der Waals surface area contributed by atoms with E-state index in [0.717, 1.165) is 0 Å². The van der Waals surface area contributed by atoms with E-state index >= 15 is 0 Å². The first-order valence-corrected chi connectivity index (χ1v) is 5.47. The van der Waals surface area contributed by atoms with Gasteiger partial charge in [0.15, 0.2) is 0 Å². The van der Waals surface area contributed by atoms with E-state index in [2.05, 4.69) is 6.58 Å². The number of halogens is 3.